The van der Waals surface area contributed by atoms with Gasteiger partial charge in [0.25, 0.3) is 11.4 Å². The number of methoxy groups -OCH3 is 1. The van der Waals surface area contributed by atoms with Crippen molar-refractivity contribution in [2.45, 2.75) is 71.9 Å². The van der Waals surface area contributed by atoms with E-state index >= 15 is 0 Å². The third-order valence-electron chi connectivity index (χ3n) is 6.25. The Balaban J connectivity index is 1.86. The lowest BCUT2D eigenvalue weighted by molar-refractivity contribution is -0.122. The van der Waals surface area contributed by atoms with Gasteiger partial charge in [0.05, 0.1) is 35.5 Å². The maximum absolute atomic E-state index is 13.4. The van der Waals surface area contributed by atoms with E-state index in [2.05, 4.69) is 35.5 Å². The summed E-state index contributed by atoms with van der Waals surface area (Å²) in [4.78, 5) is 60.1. The standard InChI is InChI=1S/C27H34ClN7O6/c1-14(2)19(20(37)21-33-34-24(41-21)27(6,7)17-10-9-15(28)11-29-17)32-18(36)13-35-22(38)16(31-25(39)40-8)12-30-23(35)26(3,4)5/h9-12,14,19H,13H2,1-8H3,(H,31,39)(H,32,36). The summed E-state index contributed by atoms with van der Waals surface area (Å²) in [5, 5.41) is 13.5. The summed E-state index contributed by atoms with van der Waals surface area (Å²) < 4.78 is 11.5. The normalized spacial score (nSPS) is 12.6. The molecule has 0 aliphatic rings. The summed E-state index contributed by atoms with van der Waals surface area (Å²) in [6, 6.07) is 2.38. The van der Waals surface area contributed by atoms with E-state index in [9.17, 15) is 19.2 Å². The number of aromatic nitrogens is 5. The first-order valence-electron chi connectivity index (χ1n) is 12.8. The van der Waals surface area contributed by atoms with Gasteiger partial charge in [-0.05, 0) is 31.9 Å². The van der Waals surface area contributed by atoms with Crippen molar-refractivity contribution in [3.8, 4) is 0 Å². The summed E-state index contributed by atoms with van der Waals surface area (Å²) in [5.41, 5.74) is -1.66. The molecule has 3 aromatic heterocycles. The van der Waals surface area contributed by atoms with Crippen molar-refractivity contribution in [2.24, 2.45) is 5.92 Å². The lowest BCUT2D eigenvalue weighted by atomic mass is 9.89. The number of rotatable bonds is 9. The molecule has 0 fully saturated rings. The molecular weight excluding hydrogens is 554 g/mol. The van der Waals surface area contributed by atoms with Crippen molar-refractivity contribution in [1.82, 2.24) is 30.0 Å². The molecule has 14 heteroatoms. The highest BCUT2D eigenvalue weighted by Gasteiger charge is 2.35. The molecule has 1 unspecified atom stereocenters. The summed E-state index contributed by atoms with van der Waals surface area (Å²) in [7, 11) is 1.16. The number of hydrogen-bond donors (Lipinski definition) is 2. The highest BCUT2D eigenvalue weighted by atomic mass is 35.5. The number of carbonyl (C=O) groups excluding carboxylic acids is 3. The van der Waals surface area contributed by atoms with E-state index in [4.69, 9.17) is 16.0 Å². The van der Waals surface area contributed by atoms with Crippen molar-refractivity contribution >= 4 is 35.1 Å². The summed E-state index contributed by atoms with van der Waals surface area (Å²) in [6.07, 6.45) is 1.85. The molecule has 3 aromatic rings. The summed E-state index contributed by atoms with van der Waals surface area (Å²) >= 11 is 5.95. The van der Waals surface area contributed by atoms with Crippen molar-refractivity contribution in [1.29, 1.82) is 0 Å². The van der Waals surface area contributed by atoms with E-state index in [-0.39, 0.29) is 23.4 Å². The first-order valence-corrected chi connectivity index (χ1v) is 13.2. The van der Waals surface area contributed by atoms with Gasteiger partial charge in [-0.2, -0.15) is 0 Å². The van der Waals surface area contributed by atoms with Crippen LogP contribution in [0.1, 0.15) is 76.6 Å². The van der Waals surface area contributed by atoms with Crippen LogP contribution in [0.2, 0.25) is 5.02 Å². The minimum Gasteiger partial charge on any atom is -0.453 e. The van der Waals surface area contributed by atoms with Crippen LogP contribution in [-0.4, -0.2) is 55.7 Å². The van der Waals surface area contributed by atoms with Gasteiger partial charge in [0.1, 0.15) is 18.1 Å². The van der Waals surface area contributed by atoms with Gasteiger partial charge in [0.2, 0.25) is 17.6 Å². The lowest BCUT2D eigenvalue weighted by Crippen LogP contribution is -2.47. The average Bonchev–Trinajstić information content (AvgIpc) is 3.40. The van der Waals surface area contributed by atoms with Crippen LogP contribution in [0.25, 0.3) is 0 Å². The molecule has 0 saturated heterocycles. The zero-order chi connectivity index (χ0) is 30.7. The summed E-state index contributed by atoms with van der Waals surface area (Å²) in [6.45, 7) is 12.1. The van der Waals surface area contributed by atoms with Crippen molar-refractivity contribution in [3.63, 3.8) is 0 Å². The van der Waals surface area contributed by atoms with E-state index in [0.29, 0.717) is 16.5 Å². The number of pyridine rings is 1. The molecule has 0 spiro atoms. The highest BCUT2D eigenvalue weighted by Crippen LogP contribution is 2.30. The Morgan fingerprint density at radius 2 is 1.76 bits per heavy atom. The molecule has 3 heterocycles. The number of carbonyl (C=O) groups is 3. The fourth-order valence-electron chi connectivity index (χ4n) is 3.95. The van der Waals surface area contributed by atoms with Gasteiger partial charge >= 0.3 is 6.09 Å². The van der Waals surface area contributed by atoms with E-state index in [0.717, 1.165) is 11.7 Å². The third-order valence-corrected chi connectivity index (χ3v) is 6.47. The van der Waals surface area contributed by atoms with Crippen molar-refractivity contribution in [2.75, 3.05) is 12.4 Å². The van der Waals surface area contributed by atoms with Crippen LogP contribution in [0.4, 0.5) is 10.5 Å². The monoisotopic (exact) mass is 587 g/mol. The number of hydrogen-bond acceptors (Lipinski definition) is 10. The molecule has 1 atom stereocenters. The number of nitrogens with one attached hydrogen (secondary N) is 2. The van der Waals surface area contributed by atoms with Crippen molar-refractivity contribution < 1.29 is 23.5 Å². The fraction of sp³-hybridized carbons (Fsp3) is 0.481. The molecule has 2 N–H and O–H groups in total. The van der Waals surface area contributed by atoms with Gasteiger partial charge in [-0.3, -0.25) is 29.3 Å². The SMILES string of the molecule is COC(=O)Nc1cnc(C(C)(C)C)n(CC(=O)NC(C(=O)c2nnc(C(C)(C)c3ccc(Cl)cn3)o2)C(C)C)c1=O. The maximum Gasteiger partial charge on any atom is 0.411 e. The van der Waals surface area contributed by atoms with Gasteiger partial charge in [0, 0.05) is 11.6 Å². The number of halogens is 1. The smallest absolute Gasteiger partial charge is 0.411 e. The molecule has 0 bridgehead atoms. The minimum absolute atomic E-state index is 0.159. The lowest BCUT2D eigenvalue weighted by Gasteiger charge is -2.24. The zero-order valence-corrected chi connectivity index (χ0v) is 25.0. The Hall–Kier alpha value is -4.13. The Morgan fingerprint density at radius 3 is 2.32 bits per heavy atom. The number of amides is 2. The Labute approximate surface area is 242 Å². The van der Waals surface area contributed by atoms with E-state index in [1.807, 2.05) is 34.6 Å². The quantitative estimate of drug-likeness (QED) is 0.353. The van der Waals surface area contributed by atoms with Gasteiger partial charge in [-0.25, -0.2) is 9.78 Å². The minimum atomic E-state index is -1.04. The van der Waals surface area contributed by atoms with Gasteiger partial charge in [-0.1, -0.05) is 46.2 Å². The molecule has 2 amide bonds. The van der Waals surface area contributed by atoms with E-state index in [1.165, 1.54) is 12.4 Å². The molecule has 0 aromatic carbocycles. The number of Topliss-reactive ketones (excluding diaryl/α,β-unsaturated/α-hetero) is 1. The second-order valence-corrected chi connectivity index (χ2v) is 11.7. The van der Waals surface area contributed by atoms with Crippen molar-refractivity contribution in [3.05, 3.63) is 63.2 Å². The predicted molar refractivity (Wildman–Crippen MR) is 150 cm³/mol. The van der Waals surface area contributed by atoms with Crippen LogP contribution in [-0.2, 0) is 26.9 Å². The molecular formula is C27H34ClN7O6. The van der Waals surface area contributed by atoms with Gasteiger partial charge in [0.15, 0.2) is 0 Å². The van der Waals surface area contributed by atoms with Crippen LogP contribution in [0, 0.1) is 5.92 Å². The molecule has 3 rings (SSSR count). The number of ether oxygens (including phenoxy) is 1. The molecule has 0 aliphatic carbocycles. The molecule has 0 aliphatic heterocycles. The van der Waals surface area contributed by atoms with E-state index in [1.54, 1.807) is 26.0 Å². The third kappa shape index (κ3) is 7.15. The first-order chi connectivity index (χ1) is 19.1. The number of anilines is 1. The van der Waals surface area contributed by atoms with Crippen LogP contribution in [0.15, 0.2) is 33.7 Å². The Kier molecular flexibility index (Phi) is 9.32. The predicted octanol–water partition coefficient (Wildman–Crippen LogP) is 3.50. The van der Waals surface area contributed by atoms with Gasteiger partial charge in [-0.15, -0.1) is 10.2 Å². The fourth-order valence-corrected chi connectivity index (χ4v) is 4.06. The zero-order valence-electron chi connectivity index (χ0n) is 24.2. The highest BCUT2D eigenvalue weighted by molar-refractivity contribution is 6.30. The largest absolute Gasteiger partial charge is 0.453 e. The van der Waals surface area contributed by atoms with Crippen LogP contribution in [0.5, 0.6) is 0 Å². The number of ketones is 1. The Morgan fingerprint density at radius 1 is 1.07 bits per heavy atom. The van der Waals surface area contributed by atoms with Gasteiger partial charge < -0.3 is 14.5 Å². The molecule has 220 valence electrons. The summed E-state index contributed by atoms with van der Waals surface area (Å²) in [5.74, 6) is -1.40. The van der Waals surface area contributed by atoms with E-state index < -0.39 is 46.8 Å². The Bertz CT molecular complexity index is 1490. The first kappa shape index (κ1) is 31.4. The molecule has 13 nitrogen and oxygen atoms in total. The molecule has 0 saturated carbocycles. The van der Waals surface area contributed by atoms with Crippen LogP contribution < -0.4 is 16.2 Å². The second-order valence-electron chi connectivity index (χ2n) is 11.3. The topological polar surface area (TPSA) is 171 Å². The van der Waals surface area contributed by atoms with Crippen LogP contribution in [0.3, 0.4) is 0 Å². The number of nitrogens with zero attached hydrogens (tertiary/aromatic N) is 5. The maximum atomic E-state index is 13.4. The second kappa shape index (κ2) is 12.2. The average molecular weight is 588 g/mol. The molecule has 0 radical (unpaired) electrons. The molecule has 41 heavy (non-hydrogen) atoms. The van der Waals surface area contributed by atoms with Crippen LogP contribution >= 0.6 is 11.6 Å².